The van der Waals surface area contributed by atoms with Crippen molar-refractivity contribution in [1.82, 2.24) is 10.6 Å². The first-order valence-electron chi connectivity index (χ1n) is 7.48. The molecule has 0 saturated heterocycles. The van der Waals surface area contributed by atoms with Gasteiger partial charge in [-0.2, -0.15) is 0 Å². The molecule has 0 saturated carbocycles. The Morgan fingerprint density at radius 2 is 2.14 bits per heavy atom. The van der Waals surface area contributed by atoms with Crippen LogP contribution in [-0.4, -0.2) is 38.7 Å². The lowest BCUT2D eigenvalue weighted by Gasteiger charge is -2.22. The minimum absolute atomic E-state index is 0.487. The molecular weight excluding hydrogens is 260 g/mol. The second-order valence-corrected chi connectivity index (χ2v) is 4.74. The highest BCUT2D eigenvalue weighted by atomic mass is 15.2. The van der Waals surface area contributed by atoms with Gasteiger partial charge in [0.15, 0.2) is 5.96 Å². The van der Waals surface area contributed by atoms with E-state index in [4.69, 9.17) is 6.42 Å². The van der Waals surface area contributed by atoms with Crippen molar-refractivity contribution < 1.29 is 0 Å². The van der Waals surface area contributed by atoms with E-state index in [2.05, 4.69) is 64.6 Å². The van der Waals surface area contributed by atoms with Gasteiger partial charge in [-0.1, -0.05) is 18.1 Å². The first-order valence-corrected chi connectivity index (χ1v) is 7.48. The Hall–Kier alpha value is -2.15. The van der Waals surface area contributed by atoms with Crippen LogP contribution in [0.5, 0.6) is 0 Å². The van der Waals surface area contributed by atoms with Crippen molar-refractivity contribution in [2.24, 2.45) is 4.99 Å². The number of nitrogens with one attached hydrogen (secondary N) is 2. The van der Waals surface area contributed by atoms with Gasteiger partial charge in [0, 0.05) is 25.3 Å². The molecule has 0 heterocycles. The minimum atomic E-state index is 0.487. The SMILES string of the molecule is C#CCNC(=NCCN(CC)c1cccc(C)c1)NCC. The Labute approximate surface area is 128 Å². The first kappa shape index (κ1) is 16.9. The fourth-order valence-corrected chi connectivity index (χ4v) is 2.05. The Morgan fingerprint density at radius 3 is 2.76 bits per heavy atom. The van der Waals surface area contributed by atoms with Crippen molar-refractivity contribution in [2.45, 2.75) is 20.8 Å². The summed E-state index contributed by atoms with van der Waals surface area (Å²) in [5, 5.41) is 6.28. The summed E-state index contributed by atoms with van der Waals surface area (Å²) in [6, 6.07) is 8.55. The van der Waals surface area contributed by atoms with Gasteiger partial charge in [-0.3, -0.25) is 4.99 Å². The van der Waals surface area contributed by atoms with Gasteiger partial charge in [0.25, 0.3) is 0 Å². The van der Waals surface area contributed by atoms with Gasteiger partial charge >= 0.3 is 0 Å². The molecule has 0 aromatic heterocycles. The normalized spacial score (nSPS) is 10.9. The standard InChI is InChI=1S/C17H26N4/c1-5-11-19-17(18-6-2)20-12-13-21(7-3)16-10-8-9-15(4)14-16/h1,8-10,14H,6-7,11-13H2,2-4H3,(H2,18,19,20). The number of likely N-dealkylation sites (N-methyl/N-ethyl adjacent to an activating group) is 1. The molecule has 0 radical (unpaired) electrons. The van der Waals surface area contributed by atoms with Crippen LogP contribution in [0.25, 0.3) is 0 Å². The molecule has 1 aromatic carbocycles. The molecule has 1 aromatic rings. The third-order valence-corrected chi connectivity index (χ3v) is 3.09. The molecule has 2 N–H and O–H groups in total. The second kappa shape index (κ2) is 9.71. The molecule has 0 aliphatic carbocycles. The van der Waals surface area contributed by atoms with Gasteiger partial charge in [-0.15, -0.1) is 6.42 Å². The predicted octanol–water partition coefficient (Wildman–Crippen LogP) is 2.01. The zero-order valence-electron chi connectivity index (χ0n) is 13.3. The van der Waals surface area contributed by atoms with Crippen molar-refractivity contribution >= 4 is 11.6 Å². The number of guanidine groups is 1. The summed E-state index contributed by atoms with van der Waals surface area (Å²) in [6.45, 7) is 10.2. The van der Waals surface area contributed by atoms with E-state index in [0.717, 1.165) is 32.1 Å². The van der Waals surface area contributed by atoms with Gasteiger partial charge < -0.3 is 15.5 Å². The molecule has 0 atom stereocenters. The van der Waals surface area contributed by atoms with Gasteiger partial charge in [-0.05, 0) is 38.5 Å². The fourth-order valence-electron chi connectivity index (χ4n) is 2.05. The van der Waals surface area contributed by atoms with Gasteiger partial charge in [-0.25, -0.2) is 0 Å². The van der Waals surface area contributed by atoms with E-state index in [1.165, 1.54) is 11.3 Å². The van der Waals surface area contributed by atoms with Crippen LogP contribution < -0.4 is 15.5 Å². The Bertz CT molecular complexity index is 488. The molecule has 0 bridgehead atoms. The molecule has 1 rings (SSSR count). The second-order valence-electron chi connectivity index (χ2n) is 4.74. The number of hydrogen-bond acceptors (Lipinski definition) is 2. The number of hydrogen-bond donors (Lipinski definition) is 2. The van der Waals surface area contributed by atoms with Crippen molar-refractivity contribution in [1.29, 1.82) is 0 Å². The van der Waals surface area contributed by atoms with Crippen molar-refractivity contribution in [2.75, 3.05) is 37.6 Å². The minimum Gasteiger partial charge on any atom is -0.370 e. The summed E-state index contributed by atoms with van der Waals surface area (Å²) in [5.74, 6) is 3.33. The monoisotopic (exact) mass is 286 g/mol. The maximum atomic E-state index is 5.26. The molecule has 0 aliphatic rings. The van der Waals surface area contributed by atoms with Gasteiger partial charge in [0.1, 0.15) is 0 Å². The molecular formula is C17H26N4. The maximum absolute atomic E-state index is 5.26. The van der Waals surface area contributed by atoms with E-state index in [0.29, 0.717) is 6.54 Å². The van der Waals surface area contributed by atoms with Crippen molar-refractivity contribution in [3.63, 3.8) is 0 Å². The van der Waals surface area contributed by atoms with Gasteiger partial charge in [0.05, 0.1) is 13.1 Å². The van der Waals surface area contributed by atoms with E-state index >= 15 is 0 Å². The van der Waals surface area contributed by atoms with Crippen LogP contribution in [0.2, 0.25) is 0 Å². The van der Waals surface area contributed by atoms with Crippen LogP contribution in [-0.2, 0) is 0 Å². The summed E-state index contributed by atoms with van der Waals surface area (Å²) in [4.78, 5) is 6.86. The molecule has 0 spiro atoms. The number of rotatable bonds is 7. The fraction of sp³-hybridized carbons (Fsp3) is 0.471. The summed E-state index contributed by atoms with van der Waals surface area (Å²) in [5.41, 5.74) is 2.52. The van der Waals surface area contributed by atoms with Crippen LogP contribution in [0.15, 0.2) is 29.3 Å². The third-order valence-electron chi connectivity index (χ3n) is 3.09. The smallest absolute Gasteiger partial charge is 0.192 e. The Morgan fingerprint density at radius 1 is 1.33 bits per heavy atom. The van der Waals surface area contributed by atoms with E-state index in [-0.39, 0.29) is 0 Å². The zero-order chi connectivity index (χ0) is 15.5. The lowest BCUT2D eigenvalue weighted by molar-refractivity contribution is 0.799. The number of aryl methyl sites for hydroxylation is 1. The first-order chi connectivity index (χ1) is 10.2. The molecule has 0 amide bonds. The molecule has 21 heavy (non-hydrogen) atoms. The molecule has 4 heteroatoms. The number of aliphatic imine (C=N–C) groups is 1. The average Bonchev–Trinajstić information content (AvgIpc) is 2.49. The molecule has 0 unspecified atom stereocenters. The van der Waals surface area contributed by atoms with E-state index < -0.39 is 0 Å². The number of anilines is 1. The average molecular weight is 286 g/mol. The molecule has 4 nitrogen and oxygen atoms in total. The van der Waals surface area contributed by atoms with E-state index in [1.54, 1.807) is 0 Å². The topological polar surface area (TPSA) is 39.7 Å². The molecule has 0 fully saturated rings. The highest BCUT2D eigenvalue weighted by molar-refractivity contribution is 5.80. The van der Waals surface area contributed by atoms with Crippen LogP contribution in [0.1, 0.15) is 19.4 Å². The Kier molecular flexibility index (Phi) is 7.81. The summed E-state index contributed by atoms with van der Waals surface area (Å²) in [7, 11) is 0. The number of nitrogens with zero attached hydrogens (tertiary/aromatic N) is 2. The molecule has 114 valence electrons. The lowest BCUT2D eigenvalue weighted by atomic mass is 10.2. The van der Waals surface area contributed by atoms with E-state index in [9.17, 15) is 0 Å². The highest BCUT2D eigenvalue weighted by Crippen LogP contribution is 2.15. The largest absolute Gasteiger partial charge is 0.370 e. The lowest BCUT2D eigenvalue weighted by Crippen LogP contribution is -2.38. The number of terminal acetylenes is 1. The van der Waals surface area contributed by atoms with Crippen molar-refractivity contribution in [3.8, 4) is 12.3 Å². The maximum Gasteiger partial charge on any atom is 0.192 e. The Balaban J connectivity index is 2.59. The number of benzene rings is 1. The highest BCUT2D eigenvalue weighted by Gasteiger charge is 2.04. The van der Waals surface area contributed by atoms with Crippen LogP contribution in [0.4, 0.5) is 5.69 Å². The summed E-state index contributed by atoms with van der Waals surface area (Å²) in [6.07, 6.45) is 5.26. The summed E-state index contributed by atoms with van der Waals surface area (Å²) >= 11 is 0. The third kappa shape index (κ3) is 6.22. The van der Waals surface area contributed by atoms with Crippen LogP contribution in [0, 0.1) is 19.3 Å². The zero-order valence-corrected chi connectivity index (χ0v) is 13.3. The molecule has 0 aliphatic heterocycles. The predicted molar refractivity (Wildman–Crippen MR) is 91.9 cm³/mol. The van der Waals surface area contributed by atoms with E-state index in [1.807, 2.05) is 6.92 Å². The van der Waals surface area contributed by atoms with Crippen LogP contribution >= 0.6 is 0 Å². The van der Waals surface area contributed by atoms with Gasteiger partial charge in [0.2, 0.25) is 0 Å². The quantitative estimate of drug-likeness (QED) is 0.457. The van der Waals surface area contributed by atoms with Crippen LogP contribution in [0.3, 0.4) is 0 Å². The summed E-state index contributed by atoms with van der Waals surface area (Å²) < 4.78 is 0. The van der Waals surface area contributed by atoms with Crippen molar-refractivity contribution in [3.05, 3.63) is 29.8 Å².